The molecule has 0 saturated heterocycles. The Labute approximate surface area is 166 Å². The molecule has 0 bridgehead atoms. The second-order valence-corrected chi connectivity index (χ2v) is 7.33. The van der Waals surface area contributed by atoms with Crippen LogP contribution >= 0.6 is 0 Å². The number of hydrogen-bond donors (Lipinski definition) is 0. The molecule has 0 saturated carbocycles. The van der Waals surface area contributed by atoms with Crippen LogP contribution in [-0.2, 0) is 6.42 Å². The van der Waals surface area contributed by atoms with Gasteiger partial charge in [-0.05, 0) is 60.7 Å². The van der Waals surface area contributed by atoms with Gasteiger partial charge in [0.15, 0.2) is 0 Å². The molecule has 3 rings (SSSR count). The summed E-state index contributed by atoms with van der Waals surface area (Å²) in [5.41, 5.74) is 2.89. The smallest absolute Gasteiger partial charge is 0.343 e. The molecular weight excluding hydrogens is 348 g/mol. The van der Waals surface area contributed by atoms with Crippen molar-refractivity contribution in [2.24, 2.45) is 5.92 Å². The first kappa shape index (κ1) is 19.7. The Hall–Kier alpha value is -3.07. The molecule has 3 aromatic carbocycles. The first-order valence-corrected chi connectivity index (χ1v) is 9.64. The van der Waals surface area contributed by atoms with Crippen molar-refractivity contribution in [3.63, 3.8) is 0 Å². The summed E-state index contributed by atoms with van der Waals surface area (Å²) in [6.07, 6.45) is 0.953. The highest BCUT2D eigenvalue weighted by Gasteiger charge is 2.12. The van der Waals surface area contributed by atoms with Gasteiger partial charge in [-0.25, -0.2) is 4.79 Å². The Bertz CT molecular complexity index is 899. The van der Waals surface area contributed by atoms with E-state index in [4.69, 9.17) is 9.47 Å². The van der Waals surface area contributed by atoms with Crippen LogP contribution in [0.2, 0.25) is 0 Å². The summed E-state index contributed by atoms with van der Waals surface area (Å²) in [7, 11) is 0. The lowest BCUT2D eigenvalue weighted by Gasteiger charge is -2.16. The lowest BCUT2D eigenvalue weighted by Crippen LogP contribution is -2.09. The molecule has 0 fully saturated rings. The van der Waals surface area contributed by atoms with Crippen molar-refractivity contribution in [3.8, 4) is 11.5 Å². The van der Waals surface area contributed by atoms with Crippen molar-refractivity contribution in [3.05, 3.63) is 95.6 Å². The molecule has 144 valence electrons. The molecule has 0 aromatic heterocycles. The van der Waals surface area contributed by atoms with E-state index in [2.05, 4.69) is 38.1 Å². The van der Waals surface area contributed by atoms with E-state index in [1.807, 2.05) is 31.2 Å². The zero-order valence-electron chi connectivity index (χ0n) is 16.6. The highest BCUT2D eigenvalue weighted by Crippen LogP contribution is 2.24. The zero-order chi connectivity index (χ0) is 19.9. The average Bonchev–Trinajstić information content (AvgIpc) is 2.69. The van der Waals surface area contributed by atoms with Crippen LogP contribution in [0.5, 0.6) is 11.5 Å². The predicted octanol–water partition coefficient (Wildman–Crippen LogP) is 6.24. The Morgan fingerprint density at radius 3 is 2.18 bits per heavy atom. The maximum Gasteiger partial charge on any atom is 0.343 e. The predicted molar refractivity (Wildman–Crippen MR) is 112 cm³/mol. The van der Waals surface area contributed by atoms with Crippen LogP contribution in [0.3, 0.4) is 0 Å². The first-order valence-electron chi connectivity index (χ1n) is 9.64. The summed E-state index contributed by atoms with van der Waals surface area (Å²) >= 11 is 0. The van der Waals surface area contributed by atoms with Gasteiger partial charge in [-0.2, -0.15) is 0 Å². The summed E-state index contributed by atoms with van der Waals surface area (Å²) in [6.45, 7) is 6.44. The van der Waals surface area contributed by atoms with Gasteiger partial charge >= 0.3 is 5.97 Å². The monoisotopic (exact) mass is 374 g/mol. The standard InChI is InChI=1S/C25H26O3/c1-18(2)16-20-12-14-21(15-13-20)19(3)27-24-11-7-8-22(17-24)25(26)28-23-9-5-4-6-10-23/h4-15,17-19H,16H2,1-3H3. The number of esters is 1. The molecule has 0 spiro atoms. The second-order valence-electron chi connectivity index (χ2n) is 7.33. The highest BCUT2D eigenvalue weighted by molar-refractivity contribution is 5.91. The minimum atomic E-state index is -0.401. The summed E-state index contributed by atoms with van der Waals surface area (Å²) in [6, 6.07) is 24.7. The van der Waals surface area contributed by atoms with Gasteiger partial charge in [0.1, 0.15) is 17.6 Å². The normalized spacial score (nSPS) is 11.9. The third-order valence-corrected chi connectivity index (χ3v) is 4.43. The third-order valence-electron chi connectivity index (χ3n) is 4.43. The average molecular weight is 374 g/mol. The van der Waals surface area contributed by atoms with Gasteiger partial charge < -0.3 is 9.47 Å². The van der Waals surface area contributed by atoms with Crippen LogP contribution < -0.4 is 9.47 Å². The van der Waals surface area contributed by atoms with Gasteiger partial charge in [-0.15, -0.1) is 0 Å². The summed E-state index contributed by atoms with van der Waals surface area (Å²) in [5.74, 6) is 1.40. The minimum absolute atomic E-state index is 0.117. The molecule has 0 aliphatic carbocycles. The molecule has 3 aromatic rings. The first-order chi connectivity index (χ1) is 13.5. The molecule has 0 heterocycles. The second kappa shape index (κ2) is 9.23. The molecule has 0 N–H and O–H groups in total. The molecule has 1 unspecified atom stereocenters. The van der Waals surface area contributed by atoms with E-state index in [0.717, 1.165) is 12.0 Å². The van der Waals surface area contributed by atoms with Crippen LogP contribution in [0.1, 0.15) is 48.4 Å². The third kappa shape index (κ3) is 5.46. The molecule has 0 amide bonds. The quantitative estimate of drug-likeness (QED) is 0.362. The molecule has 0 radical (unpaired) electrons. The largest absolute Gasteiger partial charge is 0.486 e. The topological polar surface area (TPSA) is 35.5 Å². The number of rotatable bonds is 7. The summed E-state index contributed by atoms with van der Waals surface area (Å²) < 4.78 is 11.4. The van der Waals surface area contributed by atoms with E-state index in [-0.39, 0.29) is 6.10 Å². The zero-order valence-corrected chi connectivity index (χ0v) is 16.6. The van der Waals surface area contributed by atoms with Crippen molar-refractivity contribution >= 4 is 5.97 Å². The number of benzene rings is 3. The Morgan fingerprint density at radius 1 is 0.821 bits per heavy atom. The van der Waals surface area contributed by atoms with Gasteiger partial charge in [0, 0.05) is 0 Å². The maximum atomic E-state index is 12.4. The van der Waals surface area contributed by atoms with E-state index < -0.39 is 5.97 Å². The van der Waals surface area contributed by atoms with E-state index in [9.17, 15) is 4.79 Å². The number of hydrogen-bond acceptors (Lipinski definition) is 3. The van der Waals surface area contributed by atoms with Crippen LogP contribution in [-0.4, -0.2) is 5.97 Å². The Kier molecular flexibility index (Phi) is 6.49. The van der Waals surface area contributed by atoms with E-state index in [1.54, 1.807) is 30.3 Å². The van der Waals surface area contributed by atoms with Crippen molar-refractivity contribution in [2.75, 3.05) is 0 Å². The van der Waals surface area contributed by atoms with Gasteiger partial charge in [-0.3, -0.25) is 0 Å². The number of ether oxygens (including phenoxy) is 2. The fourth-order valence-electron chi connectivity index (χ4n) is 3.02. The Morgan fingerprint density at radius 2 is 1.50 bits per heavy atom. The number of carbonyl (C=O) groups excluding carboxylic acids is 1. The van der Waals surface area contributed by atoms with Gasteiger partial charge in [0.25, 0.3) is 0 Å². The molecule has 0 aliphatic heterocycles. The summed E-state index contributed by atoms with van der Waals surface area (Å²) in [4.78, 5) is 12.4. The lowest BCUT2D eigenvalue weighted by molar-refractivity contribution is 0.0734. The van der Waals surface area contributed by atoms with Crippen LogP contribution in [0, 0.1) is 5.92 Å². The maximum absolute atomic E-state index is 12.4. The molecule has 3 heteroatoms. The highest BCUT2D eigenvalue weighted by atomic mass is 16.5. The summed E-state index contributed by atoms with van der Waals surface area (Å²) in [5, 5.41) is 0. The molecule has 3 nitrogen and oxygen atoms in total. The van der Waals surface area contributed by atoms with Crippen molar-refractivity contribution in [2.45, 2.75) is 33.3 Å². The Balaban J connectivity index is 1.65. The van der Waals surface area contributed by atoms with Crippen molar-refractivity contribution in [1.29, 1.82) is 0 Å². The van der Waals surface area contributed by atoms with Crippen molar-refractivity contribution < 1.29 is 14.3 Å². The lowest BCUT2D eigenvalue weighted by atomic mass is 10.0. The van der Waals surface area contributed by atoms with Crippen LogP contribution in [0.4, 0.5) is 0 Å². The van der Waals surface area contributed by atoms with Gasteiger partial charge in [0.05, 0.1) is 5.56 Å². The van der Waals surface area contributed by atoms with E-state index >= 15 is 0 Å². The van der Waals surface area contributed by atoms with Crippen LogP contribution in [0.15, 0.2) is 78.9 Å². The van der Waals surface area contributed by atoms with Crippen molar-refractivity contribution in [1.82, 2.24) is 0 Å². The van der Waals surface area contributed by atoms with E-state index in [1.165, 1.54) is 5.56 Å². The van der Waals surface area contributed by atoms with Gasteiger partial charge in [0.2, 0.25) is 0 Å². The fourth-order valence-corrected chi connectivity index (χ4v) is 3.02. The van der Waals surface area contributed by atoms with Crippen LogP contribution in [0.25, 0.3) is 0 Å². The number of carbonyl (C=O) groups is 1. The molecular formula is C25H26O3. The van der Waals surface area contributed by atoms with E-state index in [0.29, 0.717) is 23.0 Å². The minimum Gasteiger partial charge on any atom is -0.486 e. The fraction of sp³-hybridized carbons (Fsp3) is 0.240. The molecule has 1 atom stereocenters. The number of para-hydroxylation sites is 1. The van der Waals surface area contributed by atoms with Gasteiger partial charge in [-0.1, -0.05) is 62.4 Å². The SMILES string of the molecule is CC(C)Cc1ccc(C(C)Oc2cccc(C(=O)Oc3ccccc3)c2)cc1. The molecule has 28 heavy (non-hydrogen) atoms. The molecule has 0 aliphatic rings.